The molecule has 0 saturated heterocycles. The largest absolute Gasteiger partial charge is 0.489 e. The van der Waals surface area contributed by atoms with Gasteiger partial charge in [0.05, 0.1) is 17.1 Å². The van der Waals surface area contributed by atoms with Gasteiger partial charge < -0.3 is 9.15 Å². The zero-order chi connectivity index (χ0) is 23.7. The molecule has 0 aliphatic rings. The summed E-state index contributed by atoms with van der Waals surface area (Å²) in [5.41, 5.74) is 1.63. The summed E-state index contributed by atoms with van der Waals surface area (Å²) in [5, 5.41) is 5.86. The molecular formula is C26H17Br2N3O3. The van der Waals surface area contributed by atoms with Crippen LogP contribution in [0.1, 0.15) is 5.56 Å². The lowest BCUT2D eigenvalue weighted by Gasteiger charge is -2.09. The van der Waals surface area contributed by atoms with E-state index in [2.05, 4.69) is 43.5 Å². The molecule has 0 N–H and O–H groups in total. The predicted octanol–water partition coefficient (Wildman–Crippen LogP) is 6.78. The van der Waals surface area contributed by atoms with E-state index < -0.39 is 0 Å². The van der Waals surface area contributed by atoms with Crippen LogP contribution in [0.3, 0.4) is 0 Å². The molecule has 0 radical (unpaired) electrons. The van der Waals surface area contributed by atoms with E-state index in [1.807, 2.05) is 48.5 Å². The first-order valence-corrected chi connectivity index (χ1v) is 11.9. The SMILES string of the molecule is C=CCOc1ccc(Br)cc1C=Nn1c(-c2cc3cc(Br)ccc3o2)nc2ccccc2c1=O. The molecule has 0 unspecified atom stereocenters. The number of hydrogen-bond donors (Lipinski definition) is 0. The highest BCUT2D eigenvalue weighted by atomic mass is 79.9. The molecule has 0 fully saturated rings. The smallest absolute Gasteiger partial charge is 0.282 e. The first-order valence-electron chi connectivity index (χ1n) is 10.3. The lowest BCUT2D eigenvalue weighted by Crippen LogP contribution is -2.20. The highest BCUT2D eigenvalue weighted by molar-refractivity contribution is 9.10. The minimum atomic E-state index is -0.304. The number of hydrogen-bond acceptors (Lipinski definition) is 5. The molecule has 6 nitrogen and oxygen atoms in total. The quantitative estimate of drug-likeness (QED) is 0.164. The predicted molar refractivity (Wildman–Crippen MR) is 142 cm³/mol. The van der Waals surface area contributed by atoms with Crippen LogP contribution in [0.25, 0.3) is 33.5 Å². The van der Waals surface area contributed by atoms with Crippen molar-refractivity contribution in [2.45, 2.75) is 0 Å². The van der Waals surface area contributed by atoms with Gasteiger partial charge in [0, 0.05) is 19.9 Å². The molecule has 0 atom stereocenters. The summed E-state index contributed by atoms with van der Waals surface area (Å²) >= 11 is 6.96. The molecule has 8 heteroatoms. The maximum atomic E-state index is 13.4. The standard InChI is InChI=1S/C26H17Br2N3O3/c1-2-11-33-22-9-7-19(28)13-17(22)15-29-31-25(30-21-6-4-3-5-20(21)26(31)32)24-14-16-12-18(27)8-10-23(16)34-24/h2-10,12-15H,1,11H2. The Labute approximate surface area is 211 Å². The van der Waals surface area contributed by atoms with Crippen molar-refractivity contribution in [3.8, 4) is 17.3 Å². The van der Waals surface area contributed by atoms with E-state index in [0.717, 1.165) is 14.3 Å². The van der Waals surface area contributed by atoms with Gasteiger partial charge >= 0.3 is 0 Å². The van der Waals surface area contributed by atoms with Crippen molar-refractivity contribution in [2.24, 2.45) is 5.10 Å². The van der Waals surface area contributed by atoms with Crippen molar-refractivity contribution in [1.82, 2.24) is 9.66 Å². The van der Waals surface area contributed by atoms with E-state index in [9.17, 15) is 4.79 Å². The third kappa shape index (κ3) is 4.34. The van der Waals surface area contributed by atoms with Gasteiger partial charge in [0.1, 0.15) is 17.9 Å². The summed E-state index contributed by atoms with van der Waals surface area (Å²) in [6, 6.07) is 20.3. The van der Waals surface area contributed by atoms with Crippen molar-refractivity contribution in [1.29, 1.82) is 0 Å². The molecule has 2 aromatic heterocycles. The van der Waals surface area contributed by atoms with Crippen LogP contribution in [0.15, 0.2) is 103 Å². The Morgan fingerprint density at radius 1 is 1.06 bits per heavy atom. The second-order valence-corrected chi connectivity index (χ2v) is 9.22. The summed E-state index contributed by atoms with van der Waals surface area (Å²) in [6.45, 7) is 4.04. The Morgan fingerprint density at radius 2 is 1.85 bits per heavy atom. The Bertz CT molecular complexity index is 1640. The maximum absolute atomic E-state index is 13.4. The summed E-state index contributed by atoms with van der Waals surface area (Å²) in [4.78, 5) is 18.2. The normalized spacial score (nSPS) is 11.5. The lowest BCUT2D eigenvalue weighted by atomic mass is 10.2. The molecule has 0 aliphatic heterocycles. The number of rotatable bonds is 6. The van der Waals surface area contributed by atoms with Gasteiger partial charge in [-0.2, -0.15) is 9.78 Å². The van der Waals surface area contributed by atoms with Crippen LogP contribution in [0, 0.1) is 0 Å². The summed E-state index contributed by atoms with van der Waals surface area (Å²) in [6.07, 6.45) is 3.24. The number of fused-ring (bicyclic) bond motifs is 2. The molecule has 2 heterocycles. The van der Waals surface area contributed by atoms with E-state index in [1.165, 1.54) is 4.68 Å². The minimum absolute atomic E-state index is 0.302. The van der Waals surface area contributed by atoms with Gasteiger partial charge in [-0.15, -0.1) is 0 Å². The molecule has 5 aromatic rings. The molecule has 0 bridgehead atoms. The van der Waals surface area contributed by atoms with Crippen LogP contribution in [0.4, 0.5) is 0 Å². The number of nitrogens with zero attached hydrogens (tertiary/aromatic N) is 3. The molecule has 34 heavy (non-hydrogen) atoms. The molecule has 5 rings (SSSR count). The topological polar surface area (TPSA) is 69.6 Å². The third-order valence-electron chi connectivity index (χ3n) is 5.09. The molecular weight excluding hydrogens is 562 g/mol. The van der Waals surface area contributed by atoms with Crippen LogP contribution in [0.2, 0.25) is 0 Å². The van der Waals surface area contributed by atoms with Crippen molar-refractivity contribution in [2.75, 3.05) is 6.61 Å². The summed E-state index contributed by atoms with van der Waals surface area (Å²) in [7, 11) is 0. The number of ether oxygens (including phenoxy) is 1. The molecule has 0 spiro atoms. The minimum Gasteiger partial charge on any atom is -0.489 e. The molecule has 3 aromatic carbocycles. The monoisotopic (exact) mass is 577 g/mol. The van der Waals surface area contributed by atoms with Crippen LogP contribution in [0.5, 0.6) is 5.75 Å². The van der Waals surface area contributed by atoms with E-state index in [1.54, 1.807) is 30.5 Å². The first kappa shape index (κ1) is 22.3. The molecule has 0 aliphatic carbocycles. The van der Waals surface area contributed by atoms with Crippen LogP contribution < -0.4 is 10.3 Å². The number of aromatic nitrogens is 2. The van der Waals surface area contributed by atoms with Gasteiger partial charge in [0.25, 0.3) is 5.56 Å². The van der Waals surface area contributed by atoms with Crippen molar-refractivity contribution < 1.29 is 9.15 Å². The van der Waals surface area contributed by atoms with Crippen molar-refractivity contribution in [3.63, 3.8) is 0 Å². The Morgan fingerprint density at radius 3 is 2.71 bits per heavy atom. The average Bonchev–Trinajstić information content (AvgIpc) is 3.26. The highest BCUT2D eigenvalue weighted by Crippen LogP contribution is 2.29. The van der Waals surface area contributed by atoms with Crippen molar-refractivity contribution in [3.05, 3.63) is 104 Å². The lowest BCUT2D eigenvalue weighted by molar-refractivity contribution is 0.362. The fourth-order valence-corrected chi connectivity index (χ4v) is 4.29. The zero-order valence-corrected chi connectivity index (χ0v) is 20.9. The van der Waals surface area contributed by atoms with Gasteiger partial charge in [0.15, 0.2) is 5.76 Å². The number of halogens is 2. The van der Waals surface area contributed by atoms with E-state index in [-0.39, 0.29) is 5.56 Å². The van der Waals surface area contributed by atoms with Crippen molar-refractivity contribution >= 4 is 59.9 Å². The fourth-order valence-electron chi connectivity index (χ4n) is 3.54. The van der Waals surface area contributed by atoms with Gasteiger partial charge in [-0.05, 0) is 54.6 Å². The second kappa shape index (κ2) is 9.40. The number of para-hydroxylation sites is 1. The zero-order valence-electron chi connectivity index (χ0n) is 17.7. The summed E-state index contributed by atoms with van der Waals surface area (Å²) < 4.78 is 14.8. The summed E-state index contributed by atoms with van der Waals surface area (Å²) in [5.74, 6) is 1.35. The van der Waals surface area contributed by atoms with E-state index >= 15 is 0 Å². The Hall–Kier alpha value is -3.49. The molecule has 0 amide bonds. The van der Waals surface area contributed by atoms with E-state index in [0.29, 0.717) is 46.0 Å². The number of furan rings is 1. The molecule has 0 saturated carbocycles. The highest BCUT2D eigenvalue weighted by Gasteiger charge is 2.17. The average molecular weight is 579 g/mol. The van der Waals surface area contributed by atoms with Gasteiger partial charge in [-0.3, -0.25) is 4.79 Å². The second-order valence-electron chi connectivity index (χ2n) is 7.39. The Kier molecular flexibility index (Phi) is 6.17. The maximum Gasteiger partial charge on any atom is 0.282 e. The molecule has 168 valence electrons. The van der Waals surface area contributed by atoms with Gasteiger partial charge in [0.2, 0.25) is 5.82 Å². The first-order chi connectivity index (χ1) is 16.5. The Balaban J connectivity index is 1.70. The van der Waals surface area contributed by atoms with Crippen LogP contribution in [-0.4, -0.2) is 22.5 Å². The fraction of sp³-hybridized carbons (Fsp3) is 0.0385. The van der Waals surface area contributed by atoms with E-state index in [4.69, 9.17) is 14.1 Å². The van der Waals surface area contributed by atoms with Crippen LogP contribution >= 0.6 is 31.9 Å². The number of benzene rings is 3. The third-order valence-corrected chi connectivity index (χ3v) is 6.08. The van der Waals surface area contributed by atoms with Gasteiger partial charge in [-0.25, -0.2) is 4.98 Å². The van der Waals surface area contributed by atoms with Gasteiger partial charge in [-0.1, -0.05) is 56.6 Å². The van der Waals surface area contributed by atoms with Crippen LogP contribution in [-0.2, 0) is 0 Å².